The van der Waals surface area contributed by atoms with E-state index in [-0.39, 0.29) is 0 Å². The predicted molar refractivity (Wildman–Crippen MR) is 70.6 cm³/mol. The van der Waals surface area contributed by atoms with Crippen molar-refractivity contribution in [2.45, 2.75) is 38.7 Å². The fraction of sp³-hybridized carbons (Fsp3) is 0.467. The van der Waals surface area contributed by atoms with E-state index in [1.165, 1.54) is 12.8 Å². The van der Waals surface area contributed by atoms with Gasteiger partial charge in [0.15, 0.2) is 11.5 Å². The molecule has 2 heteroatoms. The highest BCUT2D eigenvalue weighted by molar-refractivity contribution is 5.62. The van der Waals surface area contributed by atoms with Crippen LogP contribution in [0.15, 0.2) is 24.3 Å². The third-order valence-electron chi connectivity index (χ3n) is 3.16. The standard InChI is InChI=1S/C15H20O2/c1-3-7-12-8-6-11-14(16-2)15(12)17-13-9-4-5-10-13/h3,6-8,11,13H,4-5,9-10H2,1-2H3/b7-3+. The molecule has 0 amide bonds. The van der Waals surface area contributed by atoms with Gasteiger partial charge in [0.1, 0.15) is 0 Å². The van der Waals surface area contributed by atoms with E-state index in [2.05, 4.69) is 12.1 Å². The van der Waals surface area contributed by atoms with Gasteiger partial charge in [0.05, 0.1) is 13.2 Å². The second-order valence-corrected chi connectivity index (χ2v) is 4.40. The van der Waals surface area contributed by atoms with E-state index in [4.69, 9.17) is 9.47 Å². The van der Waals surface area contributed by atoms with Gasteiger partial charge in [-0.05, 0) is 38.7 Å². The Morgan fingerprint density at radius 2 is 2.00 bits per heavy atom. The van der Waals surface area contributed by atoms with Crippen molar-refractivity contribution in [2.75, 3.05) is 7.11 Å². The Morgan fingerprint density at radius 1 is 1.24 bits per heavy atom. The van der Waals surface area contributed by atoms with Crippen LogP contribution < -0.4 is 9.47 Å². The molecule has 0 aliphatic heterocycles. The van der Waals surface area contributed by atoms with E-state index >= 15 is 0 Å². The van der Waals surface area contributed by atoms with Crippen LogP contribution in [0.1, 0.15) is 38.2 Å². The van der Waals surface area contributed by atoms with Crippen LogP contribution in [0, 0.1) is 0 Å². The zero-order valence-electron chi connectivity index (χ0n) is 10.6. The molecular weight excluding hydrogens is 212 g/mol. The van der Waals surface area contributed by atoms with E-state index in [9.17, 15) is 0 Å². The lowest BCUT2D eigenvalue weighted by molar-refractivity contribution is 0.200. The molecule has 2 rings (SSSR count). The lowest BCUT2D eigenvalue weighted by atomic mass is 10.1. The normalized spacial score (nSPS) is 16.6. The minimum atomic E-state index is 0.357. The highest BCUT2D eigenvalue weighted by Crippen LogP contribution is 2.35. The monoisotopic (exact) mass is 232 g/mol. The maximum Gasteiger partial charge on any atom is 0.168 e. The molecular formula is C15H20O2. The van der Waals surface area contributed by atoms with Gasteiger partial charge in [0.25, 0.3) is 0 Å². The molecule has 1 aromatic rings. The predicted octanol–water partition coefficient (Wildman–Crippen LogP) is 4.05. The minimum absolute atomic E-state index is 0.357. The molecule has 1 saturated carbocycles. The summed E-state index contributed by atoms with van der Waals surface area (Å²) in [6, 6.07) is 6.01. The van der Waals surface area contributed by atoms with E-state index in [1.54, 1.807) is 7.11 Å². The van der Waals surface area contributed by atoms with Gasteiger partial charge in [-0.15, -0.1) is 0 Å². The summed E-state index contributed by atoms with van der Waals surface area (Å²) < 4.78 is 11.5. The quantitative estimate of drug-likeness (QED) is 0.779. The van der Waals surface area contributed by atoms with Crippen LogP contribution >= 0.6 is 0 Å². The van der Waals surface area contributed by atoms with Crippen molar-refractivity contribution < 1.29 is 9.47 Å². The van der Waals surface area contributed by atoms with Crippen LogP contribution in [0.25, 0.3) is 6.08 Å². The van der Waals surface area contributed by atoms with Gasteiger partial charge in [0.2, 0.25) is 0 Å². The molecule has 1 aliphatic carbocycles. The number of hydrogen-bond donors (Lipinski definition) is 0. The zero-order valence-corrected chi connectivity index (χ0v) is 10.6. The molecule has 0 atom stereocenters. The van der Waals surface area contributed by atoms with Crippen LogP contribution in [-0.2, 0) is 0 Å². The van der Waals surface area contributed by atoms with Crippen LogP contribution in [0.3, 0.4) is 0 Å². The topological polar surface area (TPSA) is 18.5 Å². The summed E-state index contributed by atoms with van der Waals surface area (Å²) in [5, 5.41) is 0. The summed E-state index contributed by atoms with van der Waals surface area (Å²) in [6.07, 6.45) is 9.32. The molecule has 0 aromatic heterocycles. The van der Waals surface area contributed by atoms with Crippen LogP contribution in [-0.4, -0.2) is 13.2 Å². The first-order chi connectivity index (χ1) is 8.35. The Labute approximate surface area is 103 Å². The fourth-order valence-corrected chi connectivity index (χ4v) is 2.30. The molecule has 1 fully saturated rings. The van der Waals surface area contributed by atoms with Gasteiger partial charge < -0.3 is 9.47 Å². The molecule has 0 radical (unpaired) electrons. The van der Waals surface area contributed by atoms with Crippen LogP contribution in [0.5, 0.6) is 11.5 Å². The zero-order chi connectivity index (χ0) is 12.1. The Balaban J connectivity index is 2.26. The Kier molecular flexibility index (Phi) is 4.08. The summed E-state index contributed by atoms with van der Waals surface area (Å²) in [7, 11) is 1.69. The summed E-state index contributed by atoms with van der Waals surface area (Å²) in [6.45, 7) is 2.01. The van der Waals surface area contributed by atoms with Crippen LogP contribution in [0.2, 0.25) is 0 Å². The lowest BCUT2D eigenvalue weighted by Gasteiger charge is -2.17. The van der Waals surface area contributed by atoms with Gasteiger partial charge >= 0.3 is 0 Å². The number of benzene rings is 1. The molecule has 0 bridgehead atoms. The molecule has 1 aliphatic rings. The van der Waals surface area contributed by atoms with E-state index in [0.29, 0.717) is 6.10 Å². The summed E-state index contributed by atoms with van der Waals surface area (Å²) in [5.41, 5.74) is 1.10. The van der Waals surface area contributed by atoms with Crippen molar-refractivity contribution in [3.8, 4) is 11.5 Å². The summed E-state index contributed by atoms with van der Waals surface area (Å²) in [5.74, 6) is 1.72. The Hall–Kier alpha value is -1.44. The molecule has 0 heterocycles. The van der Waals surface area contributed by atoms with E-state index in [0.717, 1.165) is 29.9 Å². The molecule has 92 valence electrons. The number of hydrogen-bond acceptors (Lipinski definition) is 2. The molecule has 1 aromatic carbocycles. The van der Waals surface area contributed by atoms with E-state index < -0.39 is 0 Å². The first-order valence-electron chi connectivity index (χ1n) is 6.31. The average Bonchev–Trinajstić information content (AvgIpc) is 2.84. The highest BCUT2D eigenvalue weighted by Gasteiger charge is 2.19. The molecule has 0 spiro atoms. The third kappa shape index (κ3) is 2.82. The van der Waals surface area contributed by atoms with E-state index in [1.807, 2.05) is 25.1 Å². The molecule has 0 N–H and O–H groups in total. The van der Waals surface area contributed by atoms with Crippen molar-refractivity contribution in [3.05, 3.63) is 29.8 Å². The molecule has 2 nitrogen and oxygen atoms in total. The second kappa shape index (κ2) is 5.76. The van der Waals surface area contributed by atoms with Gasteiger partial charge in [0, 0.05) is 5.56 Å². The SMILES string of the molecule is C/C=C/c1cccc(OC)c1OC1CCCC1. The van der Waals surface area contributed by atoms with Crippen molar-refractivity contribution in [3.63, 3.8) is 0 Å². The maximum atomic E-state index is 6.10. The average molecular weight is 232 g/mol. The van der Waals surface area contributed by atoms with Crippen molar-refractivity contribution >= 4 is 6.08 Å². The summed E-state index contributed by atoms with van der Waals surface area (Å²) in [4.78, 5) is 0. The third-order valence-corrected chi connectivity index (χ3v) is 3.16. The first-order valence-corrected chi connectivity index (χ1v) is 6.31. The maximum absolute atomic E-state index is 6.10. The first kappa shape index (κ1) is 12.0. The second-order valence-electron chi connectivity index (χ2n) is 4.40. The minimum Gasteiger partial charge on any atom is -0.493 e. The van der Waals surface area contributed by atoms with Gasteiger partial charge in [-0.1, -0.05) is 24.3 Å². The molecule has 0 unspecified atom stereocenters. The lowest BCUT2D eigenvalue weighted by Crippen LogP contribution is -2.12. The highest BCUT2D eigenvalue weighted by atomic mass is 16.5. The largest absolute Gasteiger partial charge is 0.493 e. The van der Waals surface area contributed by atoms with Gasteiger partial charge in [-0.3, -0.25) is 0 Å². The number of methoxy groups -OCH3 is 1. The number of rotatable bonds is 4. The van der Waals surface area contributed by atoms with Crippen molar-refractivity contribution in [1.82, 2.24) is 0 Å². The number of para-hydroxylation sites is 1. The number of ether oxygens (including phenoxy) is 2. The fourth-order valence-electron chi connectivity index (χ4n) is 2.30. The molecule has 0 saturated heterocycles. The van der Waals surface area contributed by atoms with Crippen LogP contribution in [0.4, 0.5) is 0 Å². The van der Waals surface area contributed by atoms with Gasteiger partial charge in [-0.25, -0.2) is 0 Å². The Bertz CT molecular complexity index is 390. The number of allylic oxidation sites excluding steroid dienone is 1. The smallest absolute Gasteiger partial charge is 0.168 e. The van der Waals surface area contributed by atoms with Crippen molar-refractivity contribution in [1.29, 1.82) is 0 Å². The summed E-state index contributed by atoms with van der Waals surface area (Å²) >= 11 is 0. The van der Waals surface area contributed by atoms with Gasteiger partial charge in [-0.2, -0.15) is 0 Å². The molecule has 17 heavy (non-hydrogen) atoms. The Morgan fingerprint density at radius 3 is 2.65 bits per heavy atom. The van der Waals surface area contributed by atoms with Crippen molar-refractivity contribution in [2.24, 2.45) is 0 Å².